The van der Waals surface area contributed by atoms with Crippen LogP contribution in [0.15, 0.2) is 78.0 Å². The Morgan fingerprint density at radius 1 is 1.03 bits per heavy atom. The summed E-state index contributed by atoms with van der Waals surface area (Å²) in [5.41, 5.74) is 0.872. The lowest BCUT2D eigenvalue weighted by atomic mass is 10.1. The van der Waals surface area contributed by atoms with Crippen molar-refractivity contribution in [2.24, 2.45) is 0 Å². The molecule has 37 heavy (non-hydrogen) atoms. The molecule has 6 nitrogen and oxygen atoms in total. The van der Waals surface area contributed by atoms with Gasteiger partial charge in [-0.2, -0.15) is 13.2 Å². The summed E-state index contributed by atoms with van der Waals surface area (Å²) in [4.78, 5) is 12.9. The van der Waals surface area contributed by atoms with E-state index in [0.29, 0.717) is 33.4 Å². The Kier molecular flexibility index (Phi) is 8.24. The quantitative estimate of drug-likeness (QED) is 0.219. The number of para-hydroxylation sites is 1. The first-order chi connectivity index (χ1) is 17.8. The molecule has 0 aliphatic carbocycles. The Hall–Kier alpha value is -3.70. The van der Waals surface area contributed by atoms with E-state index < -0.39 is 23.5 Å². The third-order valence-corrected chi connectivity index (χ3v) is 6.37. The number of benzene rings is 3. The van der Waals surface area contributed by atoms with Crippen LogP contribution in [0.3, 0.4) is 0 Å². The van der Waals surface area contributed by atoms with Gasteiger partial charge in [0, 0.05) is 25.0 Å². The van der Waals surface area contributed by atoms with E-state index in [-0.39, 0.29) is 18.8 Å². The number of methoxy groups -OCH3 is 1. The molecule has 4 aromatic rings. The topological polar surface area (TPSA) is 69.0 Å². The number of nitrogens with one attached hydrogen (secondary N) is 1. The molecule has 1 aromatic heterocycles. The van der Waals surface area contributed by atoms with Crippen molar-refractivity contribution in [2.75, 3.05) is 7.11 Å². The minimum atomic E-state index is -4.46. The number of nitrogens with zero attached hydrogens (tertiary/aromatic N) is 3. The van der Waals surface area contributed by atoms with Crippen LogP contribution in [0.25, 0.3) is 5.69 Å². The summed E-state index contributed by atoms with van der Waals surface area (Å²) in [5, 5.41) is 11.4. The number of aromatic nitrogens is 3. The molecule has 1 heterocycles. The molecule has 0 saturated carbocycles. The van der Waals surface area contributed by atoms with Gasteiger partial charge >= 0.3 is 6.18 Å². The summed E-state index contributed by atoms with van der Waals surface area (Å²) < 4.78 is 60.3. The Bertz CT molecular complexity index is 1390. The van der Waals surface area contributed by atoms with Gasteiger partial charge in [-0.1, -0.05) is 54.2 Å². The average molecular weight is 531 g/mol. The van der Waals surface area contributed by atoms with Crippen LogP contribution in [0.5, 0.6) is 0 Å². The van der Waals surface area contributed by atoms with Crippen LogP contribution in [-0.4, -0.2) is 27.8 Å². The fourth-order valence-corrected chi connectivity index (χ4v) is 4.60. The van der Waals surface area contributed by atoms with Crippen LogP contribution in [0.4, 0.5) is 17.6 Å². The maximum absolute atomic E-state index is 14.6. The molecule has 0 unspecified atom stereocenters. The number of rotatable bonds is 9. The number of hydrogen-bond donors (Lipinski definition) is 1. The summed E-state index contributed by atoms with van der Waals surface area (Å²) >= 11 is 1.26. The summed E-state index contributed by atoms with van der Waals surface area (Å²) in [6.07, 6.45) is -4.46. The zero-order valence-electron chi connectivity index (χ0n) is 19.6. The molecule has 0 saturated heterocycles. The maximum Gasteiger partial charge on any atom is 0.416 e. The highest BCUT2D eigenvalue weighted by atomic mass is 32.2. The van der Waals surface area contributed by atoms with E-state index in [4.69, 9.17) is 4.74 Å². The standard InChI is InChI=1S/C26H22F4N4O2S/c1-36-15-23-32-33-25(34(23)22-12-5-4-11-21(22)27)37-16-18-8-2-3-10-20(18)24(35)31-14-17-7-6-9-19(13-17)26(28,29)30/h2-13H,14-16H2,1H3,(H,31,35). The smallest absolute Gasteiger partial charge is 0.377 e. The fourth-order valence-electron chi connectivity index (χ4n) is 3.64. The highest BCUT2D eigenvalue weighted by Crippen LogP contribution is 2.30. The molecule has 1 amide bonds. The van der Waals surface area contributed by atoms with Crippen molar-refractivity contribution in [2.45, 2.75) is 30.2 Å². The average Bonchev–Trinajstić information content (AvgIpc) is 3.28. The van der Waals surface area contributed by atoms with Gasteiger partial charge in [-0.05, 0) is 41.5 Å². The third kappa shape index (κ3) is 6.36. The number of carbonyl (C=O) groups excluding carboxylic acids is 1. The predicted octanol–water partition coefficient (Wildman–Crippen LogP) is 5.79. The second-order valence-corrected chi connectivity index (χ2v) is 8.89. The van der Waals surface area contributed by atoms with Gasteiger partial charge < -0.3 is 10.1 Å². The van der Waals surface area contributed by atoms with Crippen molar-refractivity contribution in [1.29, 1.82) is 0 Å². The molecular weight excluding hydrogens is 508 g/mol. The van der Waals surface area contributed by atoms with Crippen molar-refractivity contribution in [1.82, 2.24) is 20.1 Å². The Balaban J connectivity index is 1.51. The van der Waals surface area contributed by atoms with Gasteiger partial charge in [0.1, 0.15) is 12.4 Å². The SMILES string of the molecule is COCc1nnc(SCc2ccccc2C(=O)NCc2cccc(C(F)(F)F)c2)n1-c1ccccc1F. The minimum Gasteiger partial charge on any atom is -0.377 e. The van der Waals surface area contributed by atoms with Crippen molar-refractivity contribution in [3.63, 3.8) is 0 Å². The first kappa shape index (κ1) is 26.4. The number of carbonyl (C=O) groups is 1. The maximum atomic E-state index is 14.6. The molecule has 1 N–H and O–H groups in total. The predicted molar refractivity (Wildman–Crippen MR) is 131 cm³/mol. The van der Waals surface area contributed by atoms with Gasteiger partial charge in [0.2, 0.25) is 0 Å². The van der Waals surface area contributed by atoms with Crippen LogP contribution in [0.2, 0.25) is 0 Å². The van der Waals surface area contributed by atoms with Gasteiger partial charge in [-0.3, -0.25) is 9.36 Å². The summed E-state index contributed by atoms with van der Waals surface area (Å²) in [6, 6.07) is 17.9. The fraction of sp³-hybridized carbons (Fsp3) is 0.192. The molecule has 0 aliphatic heterocycles. The highest BCUT2D eigenvalue weighted by Gasteiger charge is 2.30. The molecule has 0 radical (unpaired) electrons. The Morgan fingerprint density at radius 2 is 1.78 bits per heavy atom. The Labute approximate surface area is 214 Å². The number of thioether (sulfide) groups is 1. The van der Waals surface area contributed by atoms with E-state index in [9.17, 15) is 22.4 Å². The van der Waals surface area contributed by atoms with E-state index in [1.165, 1.54) is 37.1 Å². The first-order valence-electron chi connectivity index (χ1n) is 11.1. The number of amides is 1. The van der Waals surface area contributed by atoms with Gasteiger partial charge in [-0.15, -0.1) is 10.2 Å². The molecule has 0 atom stereocenters. The van der Waals surface area contributed by atoms with Gasteiger partial charge in [0.05, 0.1) is 11.3 Å². The van der Waals surface area contributed by atoms with E-state index in [1.807, 2.05) is 0 Å². The number of hydrogen-bond acceptors (Lipinski definition) is 5. The van der Waals surface area contributed by atoms with E-state index in [2.05, 4.69) is 15.5 Å². The van der Waals surface area contributed by atoms with Gasteiger partial charge in [0.25, 0.3) is 5.91 Å². The van der Waals surface area contributed by atoms with Gasteiger partial charge in [-0.25, -0.2) is 4.39 Å². The number of alkyl halides is 3. The normalized spacial score (nSPS) is 11.5. The van der Waals surface area contributed by atoms with Gasteiger partial charge in [0.15, 0.2) is 11.0 Å². The molecule has 0 fully saturated rings. The van der Waals surface area contributed by atoms with E-state index in [1.54, 1.807) is 47.0 Å². The molecule has 4 rings (SSSR count). The minimum absolute atomic E-state index is 0.0633. The molecule has 192 valence electrons. The van der Waals surface area contributed by atoms with Crippen LogP contribution < -0.4 is 5.32 Å². The zero-order valence-corrected chi connectivity index (χ0v) is 20.4. The third-order valence-electron chi connectivity index (χ3n) is 5.39. The molecule has 0 spiro atoms. The number of ether oxygens (including phenoxy) is 1. The van der Waals surface area contributed by atoms with E-state index in [0.717, 1.165) is 12.1 Å². The van der Waals surface area contributed by atoms with Crippen LogP contribution in [0, 0.1) is 5.82 Å². The summed E-state index contributed by atoms with van der Waals surface area (Å²) in [6.45, 7) is 0.0582. The Morgan fingerprint density at radius 3 is 2.54 bits per heavy atom. The monoisotopic (exact) mass is 530 g/mol. The van der Waals surface area contributed by atoms with Crippen molar-refractivity contribution in [3.05, 3.63) is 107 Å². The van der Waals surface area contributed by atoms with Crippen molar-refractivity contribution >= 4 is 17.7 Å². The van der Waals surface area contributed by atoms with Crippen LogP contribution >= 0.6 is 11.8 Å². The molecule has 11 heteroatoms. The molecular formula is C26H22F4N4O2S. The van der Waals surface area contributed by atoms with Crippen LogP contribution in [0.1, 0.15) is 32.9 Å². The molecule has 0 bridgehead atoms. The van der Waals surface area contributed by atoms with Crippen LogP contribution in [-0.2, 0) is 29.8 Å². The summed E-state index contributed by atoms with van der Waals surface area (Å²) in [5.74, 6) is -0.144. The highest BCUT2D eigenvalue weighted by molar-refractivity contribution is 7.98. The van der Waals surface area contributed by atoms with Crippen molar-refractivity contribution in [3.8, 4) is 5.69 Å². The first-order valence-corrected chi connectivity index (χ1v) is 12.1. The lowest BCUT2D eigenvalue weighted by molar-refractivity contribution is -0.137. The molecule has 3 aromatic carbocycles. The summed E-state index contributed by atoms with van der Waals surface area (Å²) in [7, 11) is 1.50. The second-order valence-electron chi connectivity index (χ2n) is 7.95. The second kappa shape index (κ2) is 11.6. The lowest BCUT2D eigenvalue weighted by Crippen LogP contribution is -2.24. The number of halogens is 4. The lowest BCUT2D eigenvalue weighted by Gasteiger charge is -2.13. The van der Waals surface area contributed by atoms with E-state index >= 15 is 0 Å². The molecule has 0 aliphatic rings. The zero-order chi connectivity index (χ0) is 26.4. The largest absolute Gasteiger partial charge is 0.416 e. The van der Waals surface area contributed by atoms with Crippen molar-refractivity contribution < 1.29 is 27.1 Å².